The van der Waals surface area contributed by atoms with Crippen molar-refractivity contribution in [1.29, 1.82) is 0 Å². The first-order valence-electron chi connectivity index (χ1n) is 7.04. The van der Waals surface area contributed by atoms with Gasteiger partial charge in [-0.05, 0) is 30.0 Å². The lowest BCUT2D eigenvalue weighted by molar-refractivity contribution is 0.980. The minimum atomic E-state index is 0.616. The molecule has 0 unspecified atom stereocenters. The van der Waals surface area contributed by atoms with E-state index in [1.165, 1.54) is 29.9 Å². The highest BCUT2D eigenvalue weighted by Crippen LogP contribution is 2.39. The molecule has 3 aromatic rings. The van der Waals surface area contributed by atoms with Gasteiger partial charge in [0.05, 0.1) is 5.69 Å². The zero-order chi connectivity index (χ0) is 14.1. The summed E-state index contributed by atoms with van der Waals surface area (Å²) in [6, 6.07) is 10.4. The number of rotatable bonds is 5. The maximum atomic E-state index is 4.53. The lowest BCUT2D eigenvalue weighted by Crippen LogP contribution is -1.99. The molecule has 5 nitrogen and oxygen atoms in total. The van der Waals surface area contributed by atoms with Crippen molar-refractivity contribution in [3.63, 3.8) is 0 Å². The molecule has 1 aliphatic carbocycles. The monoisotopic (exact) mass is 297 g/mol. The van der Waals surface area contributed by atoms with Gasteiger partial charge >= 0.3 is 0 Å². The molecule has 106 valence electrons. The van der Waals surface area contributed by atoms with Crippen molar-refractivity contribution in [3.8, 4) is 11.3 Å². The van der Waals surface area contributed by atoms with Crippen LogP contribution < -0.4 is 5.32 Å². The largest absolute Gasteiger partial charge is 0.356 e. The maximum Gasteiger partial charge on any atom is 0.202 e. The fourth-order valence-electron chi connectivity index (χ4n) is 2.21. The molecule has 1 aromatic carbocycles. The fourth-order valence-corrected chi connectivity index (χ4v) is 2.85. The second kappa shape index (κ2) is 5.29. The minimum absolute atomic E-state index is 0.616. The molecule has 0 spiro atoms. The fraction of sp³-hybridized carbons (Fsp3) is 0.267. The van der Waals surface area contributed by atoms with E-state index in [2.05, 4.69) is 49.1 Å². The zero-order valence-corrected chi connectivity index (χ0v) is 12.2. The van der Waals surface area contributed by atoms with Gasteiger partial charge in [0.1, 0.15) is 5.82 Å². The zero-order valence-electron chi connectivity index (χ0n) is 11.4. The molecule has 0 aliphatic heterocycles. The third kappa shape index (κ3) is 2.80. The first-order chi connectivity index (χ1) is 10.4. The van der Waals surface area contributed by atoms with Crippen molar-refractivity contribution in [3.05, 3.63) is 47.9 Å². The minimum Gasteiger partial charge on any atom is -0.356 e. The van der Waals surface area contributed by atoms with Crippen LogP contribution in [0.3, 0.4) is 0 Å². The van der Waals surface area contributed by atoms with E-state index in [0.29, 0.717) is 5.92 Å². The molecule has 4 rings (SSSR count). The molecule has 21 heavy (non-hydrogen) atoms. The standard InChI is InChI=1S/C15H15N5S/c1-3-11(13-7-8-17-19-13)4-2-10(1)9-16-15-18-14(20-21-15)12-5-6-12/h1-4,7-8,12H,5-6,9H2,(H,17,19)(H,16,18,20). The highest BCUT2D eigenvalue weighted by atomic mass is 32.1. The third-order valence-electron chi connectivity index (χ3n) is 3.59. The van der Waals surface area contributed by atoms with Crippen LogP contribution >= 0.6 is 11.5 Å². The smallest absolute Gasteiger partial charge is 0.202 e. The van der Waals surface area contributed by atoms with Gasteiger partial charge in [-0.3, -0.25) is 5.10 Å². The summed E-state index contributed by atoms with van der Waals surface area (Å²) in [4.78, 5) is 4.53. The number of hydrogen-bond donors (Lipinski definition) is 2. The number of anilines is 1. The Labute approximate surface area is 126 Å². The van der Waals surface area contributed by atoms with Crippen LogP contribution in [0.2, 0.25) is 0 Å². The van der Waals surface area contributed by atoms with Gasteiger partial charge in [-0.15, -0.1) is 0 Å². The summed E-state index contributed by atoms with van der Waals surface area (Å²) < 4.78 is 4.40. The number of H-pyrrole nitrogens is 1. The third-order valence-corrected chi connectivity index (χ3v) is 4.28. The Morgan fingerprint density at radius 2 is 2.05 bits per heavy atom. The van der Waals surface area contributed by atoms with Gasteiger partial charge in [0.2, 0.25) is 5.13 Å². The van der Waals surface area contributed by atoms with E-state index in [1.54, 1.807) is 6.20 Å². The van der Waals surface area contributed by atoms with Crippen LogP contribution in [0, 0.1) is 0 Å². The highest BCUT2D eigenvalue weighted by Gasteiger charge is 2.27. The Bertz CT molecular complexity index is 713. The molecule has 6 heteroatoms. The molecule has 2 aromatic heterocycles. The summed E-state index contributed by atoms with van der Waals surface area (Å²) in [6.45, 7) is 0.766. The summed E-state index contributed by atoms with van der Waals surface area (Å²) in [5.41, 5.74) is 3.40. The first-order valence-corrected chi connectivity index (χ1v) is 7.82. The van der Waals surface area contributed by atoms with Gasteiger partial charge in [-0.25, -0.2) is 4.98 Å². The normalized spacial score (nSPS) is 14.3. The van der Waals surface area contributed by atoms with E-state index in [4.69, 9.17) is 0 Å². The van der Waals surface area contributed by atoms with E-state index in [1.807, 2.05) is 6.07 Å². The van der Waals surface area contributed by atoms with Gasteiger partial charge in [-0.2, -0.15) is 9.47 Å². The van der Waals surface area contributed by atoms with Crippen molar-refractivity contribution >= 4 is 16.7 Å². The second-order valence-electron chi connectivity index (χ2n) is 5.25. The van der Waals surface area contributed by atoms with E-state index in [-0.39, 0.29) is 0 Å². The van der Waals surface area contributed by atoms with Crippen LogP contribution in [0.15, 0.2) is 36.5 Å². The summed E-state index contributed by atoms with van der Waals surface area (Å²) in [5, 5.41) is 11.2. The van der Waals surface area contributed by atoms with Gasteiger partial charge < -0.3 is 5.32 Å². The Morgan fingerprint density at radius 1 is 1.19 bits per heavy atom. The van der Waals surface area contributed by atoms with Crippen molar-refractivity contribution in [2.75, 3.05) is 5.32 Å². The first kappa shape index (κ1) is 12.5. The van der Waals surface area contributed by atoms with Gasteiger partial charge in [0, 0.05) is 30.2 Å². The Balaban J connectivity index is 1.40. The molecule has 0 atom stereocenters. The van der Waals surface area contributed by atoms with Crippen LogP contribution in [-0.4, -0.2) is 19.6 Å². The van der Waals surface area contributed by atoms with E-state index in [9.17, 15) is 0 Å². The Hall–Kier alpha value is -2.21. The van der Waals surface area contributed by atoms with Crippen molar-refractivity contribution in [1.82, 2.24) is 19.6 Å². The summed E-state index contributed by atoms with van der Waals surface area (Å²) in [5.74, 6) is 1.63. The summed E-state index contributed by atoms with van der Waals surface area (Å²) in [7, 11) is 0. The Kier molecular flexibility index (Phi) is 3.16. The number of aromatic nitrogens is 4. The topological polar surface area (TPSA) is 66.5 Å². The molecule has 2 N–H and O–H groups in total. The lowest BCUT2D eigenvalue weighted by Gasteiger charge is -2.04. The lowest BCUT2D eigenvalue weighted by atomic mass is 10.1. The van der Waals surface area contributed by atoms with Gasteiger partial charge in [0.25, 0.3) is 0 Å². The number of benzene rings is 1. The summed E-state index contributed by atoms with van der Waals surface area (Å²) >= 11 is 1.45. The van der Waals surface area contributed by atoms with E-state index < -0.39 is 0 Å². The van der Waals surface area contributed by atoms with E-state index >= 15 is 0 Å². The Morgan fingerprint density at radius 3 is 2.76 bits per heavy atom. The quantitative estimate of drug-likeness (QED) is 0.757. The number of hydrogen-bond acceptors (Lipinski definition) is 5. The predicted octanol–water partition coefficient (Wildman–Crippen LogP) is 3.42. The van der Waals surface area contributed by atoms with Gasteiger partial charge in [0.15, 0.2) is 0 Å². The van der Waals surface area contributed by atoms with Crippen LogP contribution in [0.5, 0.6) is 0 Å². The van der Waals surface area contributed by atoms with E-state index in [0.717, 1.165) is 28.8 Å². The average Bonchev–Trinajstić information content (AvgIpc) is 3.04. The molecular formula is C15H15N5S. The molecule has 1 aliphatic rings. The van der Waals surface area contributed by atoms with Crippen LogP contribution in [0.4, 0.5) is 5.13 Å². The summed E-state index contributed by atoms with van der Waals surface area (Å²) in [6.07, 6.45) is 4.24. The second-order valence-corrected chi connectivity index (χ2v) is 6.00. The van der Waals surface area contributed by atoms with Crippen LogP contribution in [0.25, 0.3) is 11.3 Å². The highest BCUT2D eigenvalue weighted by molar-refractivity contribution is 7.09. The van der Waals surface area contributed by atoms with Gasteiger partial charge in [-0.1, -0.05) is 24.3 Å². The van der Waals surface area contributed by atoms with Crippen molar-refractivity contribution in [2.45, 2.75) is 25.3 Å². The van der Waals surface area contributed by atoms with Crippen LogP contribution in [0.1, 0.15) is 30.1 Å². The van der Waals surface area contributed by atoms with Crippen molar-refractivity contribution in [2.24, 2.45) is 0 Å². The SMILES string of the molecule is c1cc(-c2ccc(CNc3nc(C4CC4)ns3)cc2)[nH]n1. The molecule has 0 bridgehead atoms. The number of nitrogens with one attached hydrogen (secondary N) is 2. The average molecular weight is 297 g/mol. The molecule has 0 radical (unpaired) electrons. The molecule has 2 heterocycles. The maximum absolute atomic E-state index is 4.53. The molecule has 0 saturated heterocycles. The van der Waals surface area contributed by atoms with Crippen LogP contribution in [-0.2, 0) is 6.54 Å². The van der Waals surface area contributed by atoms with Crippen molar-refractivity contribution < 1.29 is 0 Å². The molecule has 1 fully saturated rings. The predicted molar refractivity (Wildman–Crippen MR) is 83.2 cm³/mol. The number of aromatic amines is 1. The number of nitrogens with zero attached hydrogens (tertiary/aromatic N) is 3. The molecular weight excluding hydrogens is 282 g/mol. The molecule has 0 amide bonds. The molecule has 1 saturated carbocycles.